The zero-order chi connectivity index (χ0) is 33.5. The Morgan fingerprint density at radius 2 is 0.667 bits per heavy atom. The maximum atomic E-state index is 2.43. The van der Waals surface area contributed by atoms with E-state index in [9.17, 15) is 0 Å². The summed E-state index contributed by atoms with van der Waals surface area (Å²) in [5.41, 5.74) is 11.9. The molecule has 0 aliphatic carbocycles. The minimum Gasteiger partial charge on any atom is -0.309 e. The van der Waals surface area contributed by atoms with E-state index in [0.717, 1.165) is 11.4 Å². The van der Waals surface area contributed by atoms with Gasteiger partial charge in [-0.15, -0.1) is 11.3 Å². The van der Waals surface area contributed by atoms with E-state index in [1.807, 2.05) is 11.3 Å². The number of para-hydroxylation sites is 4. The molecule has 2 nitrogen and oxygen atoms in total. The summed E-state index contributed by atoms with van der Waals surface area (Å²) in [6.45, 7) is 0. The van der Waals surface area contributed by atoms with Crippen molar-refractivity contribution in [1.29, 1.82) is 0 Å². The van der Waals surface area contributed by atoms with E-state index >= 15 is 0 Å². The van der Waals surface area contributed by atoms with Gasteiger partial charge in [-0.25, -0.2) is 0 Å². The van der Waals surface area contributed by atoms with Crippen LogP contribution in [0.15, 0.2) is 182 Å². The molecule has 0 spiro atoms. The molecule has 0 saturated heterocycles. The second kappa shape index (κ2) is 11.0. The smallest absolute Gasteiger partial charge is 0.0541 e. The molecule has 0 bridgehead atoms. The number of aromatic nitrogens is 2. The number of rotatable bonds is 4. The van der Waals surface area contributed by atoms with Gasteiger partial charge in [0, 0.05) is 53.1 Å². The predicted octanol–water partition coefficient (Wildman–Crippen LogP) is 13.6. The van der Waals surface area contributed by atoms with Gasteiger partial charge in [-0.3, -0.25) is 0 Å². The first-order chi connectivity index (χ1) is 25.3. The maximum Gasteiger partial charge on any atom is 0.0541 e. The molecule has 3 heteroatoms. The molecule has 0 saturated carbocycles. The molecule has 0 atom stereocenters. The molecular weight excluding hydrogens is 637 g/mol. The highest BCUT2D eigenvalue weighted by molar-refractivity contribution is 7.25. The second-order valence-electron chi connectivity index (χ2n) is 13.4. The summed E-state index contributed by atoms with van der Waals surface area (Å²) in [6.07, 6.45) is 0. The molecule has 0 unspecified atom stereocenters. The molecule has 0 aliphatic heterocycles. The van der Waals surface area contributed by atoms with Crippen LogP contribution in [0.2, 0.25) is 0 Å². The fraction of sp³-hybridized carbons (Fsp3) is 0. The summed E-state index contributed by atoms with van der Waals surface area (Å²) in [6, 6.07) is 66.8. The van der Waals surface area contributed by atoms with Gasteiger partial charge in [0.25, 0.3) is 0 Å². The highest BCUT2D eigenvalue weighted by atomic mass is 32.1. The Morgan fingerprint density at radius 3 is 1.18 bits per heavy atom. The Bertz CT molecular complexity index is 2900. The van der Waals surface area contributed by atoms with Gasteiger partial charge >= 0.3 is 0 Å². The third-order valence-electron chi connectivity index (χ3n) is 10.5. The van der Waals surface area contributed by atoms with Gasteiger partial charge in [-0.2, -0.15) is 0 Å². The van der Waals surface area contributed by atoms with Crippen molar-refractivity contribution in [2.45, 2.75) is 0 Å². The highest BCUT2D eigenvalue weighted by Gasteiger charge is 2.17. The van der Waals surface area contributed by atoms with Crippen LogP contribution in [0, 0.1) is 0 Å². The van der Waals surface area contributed by atoms with Crippen molar-refractivity contribution in [3.8, 4) is 33.6 Å². The standard InChI is InChI=1S/C48H30N2S/c1-6-16-43-37(11-1)38-12-2-7-17-44(38)49(43)35-27-34(28-36(30-35)50-45-18-8-3-13-39(45)40-14-4-9-19-46(40)50)32-23-21-31(22-24-32)33-25-26-48-42(29-33)41-15-5-10-20-47(41)51-48/h1-30H. The van der Waals surface area contributed by atoms with Crippen molar-refractivity contribution < 1.29 is 0 Å². The van der Waals surface area contributed by atoms with Crippen LogP contribution in [0.1, 0.15) is 0 Å². The first-order valence-corrected chi connectivity index (χ1v) is 18.2. The van der Waals surface area contributed by atoms with Crippen molar-refractivity contribution in [3.63, 3.8) is 0 Å². The largest absolute Gasteiger partial charge is 0.309 e. The van der Waals surface area contributed by atoms with E-state index in [1.165, 1.54) is 86.0 Å². The Kier molecular flexibility index (Phi) is 6.16. The van der Waals surface area contributed by atoms with E-state index in [-0.39, 0.29) is 0 Å². The highest BCUT2D eigenvalue weighted by Crippen LogP contribution is 2.39. The van der Waals surface area contributed by atoms with Crippen molar-refractivity contribution in [1.82, 2.24) is 9.13 Å². The Balaban J connectivity index is 1.13. The number of hydrogen-bond donors (Lipinski definition) is 0. The molecule has 8 aromatic carbocycles. The zero-order valence-corrected chi connectivity index (χ0v) is 28.4. The Hall–Kier alpha value is -6.42. The van der Waals surface area contributed by atoms with Crippen molar-refractivity contribution in [3.05, 3.63) is 182 Å². The lowest BCUT2D eigenvalue weighted by Gasteiger charge is -2.16. The number of fused-ring (bicyclic) bond motifs is 9. The quantitative estimate of drug-likeness (QED) is 0.177. The number of hydrogen-bond acceptors (Lipinski definition) is 1. The normalized spacial score (nSPS) is 11.9. The average Bonchev–Trinajstić information content (AvgIpc) is 3.85. The van der Waals surface area contributed by atoms with Crippen LogP contribution in [0.25, 0.3) is 97.4 Å². The maximum absolute atomic E-state index is 2.43. The summed E-state index contributed by atoms with van der Waals surface area (Å²) in [4.78, 5) is 0. The van der Waals surface area contributed by atoms with Gasteiger partial charge in [0.05, 0.1) is 22.1 Å². The van der Waals surface area contributed by atoms with Crippen LogP contribution >= 0.6 is 11.3 Å². The molecule has 3 aromatic heterocycles. The van der Waals surface area contributed by atoms with E-state index in [0.29, 0.717) is 0 Å². The average molecular weight is 667 g/mol. The van der Waals surface area contributed by atoms with Crippen molar-refractivity contribution in [2.75, 3.05) is 0 Å². The van der Waals surface area contributed by atoms with Crippen LogP contribution in [-0.2, 0) is 0 Å². The molecule has 11 aromatic rings. The van der Waals surface area contributed by atoms with Gasteiger partial charge in [0.2, 0.25) is 0 Å². The van der Waals surface area contributed by atoms with E-state index in [2.05, 4.69) is 191 Å². The van der Waals surface area contributed by atoms with Gasteiger partial charge in [-0.05, 0) is 82.9 Å². The first-order valence-electron chi connectivity index (χ1n) is 17.4. The topological polar surface area (TPSA) is 9.86 Å². The van der Waals surface area contributed by atoms with Gasteiger partial charge in [0.15, 0.2) is 0 Å². The second-order valence-corrected chi connectivity index (χ2v) is 14.4. The third kappa shape index (κ3) is 4.35. The minimum atomic E-state index is 1.14. The molecule has 0 N–H and O–H groups in total. The van der Waals surface area contributed by atoms with E-state index in [4.69, 9.17) is 0 Å². The number of benzene rings is 8. The molecule has 0 fully saturated rings. The molecule has 3 heterocycles. The van der Waals surface area contributed by atoms with Crippen LogP contribution in [0.3, 0.4) is 0 Å². The Labute approximate surface area is 298 Å². The van der Waals surface area contributed by atoms with Gasteiger partial charge < -0.3 is 9.13 Å². The molecule has 238 valence electrons. The van der Waals surface area contributed by atoms with Crippen LogP contribution in [0.5, 0.6) is 0 Å². The first kappa shape index (κ1) is 28.4. The van der Waals surface area contributed by atoms with Crippen LogP contribution in [-0.4, -0.2) is 9.13 Å². The predicted molar refractivity (Wildman–Crippen MR) is 219 cm³/mol. The summed E-state index contributed by atoms with van der Waals surface area (Å²) >= 11 is 1.86. The van der Waals surface area contributed by atoms with Crippen molar-refractivity contribution in [2.24, 2.45) is 0 Å². The lowest BCUT2D eigenvalue weighted by atomic mass is 9.98. The van der Waals surface area contributed by atoms with E-state index < -0.39 is 0 Å². The minimum absolute atomic E-state index is 1.14. The molecule has 11 rings (SSSR count). The molecule has 51 heavy (non-hydrogen) atoms. The molecular formula is C48H30N2S. The lowest BCUT2D eigenvalue weighted by Crippen LogP contribution is -2.00. The zero-order valence-electron chi connectivity index (χ0n) is 27.6. The van der Waals surface area contributed by atoms with Gasteiger partial charge in [-0.1, -0.05) is 121 Å². The SMILES string of the molecule is c1ccc2c(c1)sc1ccc(-c3ccc(-c4cc(-n5c6ccccc6c6ccccc65)cc(-n5c6ccccc6c6ccccc65)c4)cc3)cc12. The van der Waals surface area contributed by atoms with E-state index in [1.54, 1.807) is 0 Å². The fourth-order valence-corrected chi connectivity index (χ4v) is 9.27. The van der Waals surface area contributed by atoms with Crippen molar-refractivity contribution >= 4 is 75.1 Å². The molecule has 0 radical (unpaired) electrons. The summed E-state index contributed by atoms with van der Waals surface area (Å²) < 4.78 is 7.53. The monoisotopic (exact) mass is 666 g/mol. The molecule has 0 amide bonds. The Morgan fingerprint density at radius 1 is 0.275 bits per heavy atom. The third-order valence-corrected chi connectivity index (χ3v) is 11.7. The summed E-state index contributed by atoms with van der Waals surface area (Å²) in [5.74, 6) is 0. The fourth-order valence-electron chi connectivity index (χ4n) is 8.18. The number of nitrogens with zero attached hydrogens (tertiary/aromatic N) is 2. The van der Waals surface area contributed by atoms with Crippen LogP contribution < -0.4 is 0 Å². The summed E-state index contributed by atoms with van der Waals surface area (Å²) in [5, 5.41) is 7.70. The van der Waals surface area contributed by atoms with Gasteiger partial charge in [0.1, 0.15) is 0 Å². The van der Waals surface area contributed by atoms with Crippen LogP contribution in [0.4, 0.5) is 0 Å². The lowest BCUT2D eigenvalue weighted by molar-refractivity contribution is 1.13. The summed E-state index contributed by atoms with van der Waals surface area (Å²) in [7, 11) is 0. The number of thiophene rings is 1. The molecule has 0 aliphatic rings.